The number of nitrogens with zero attached hydrogens (tertiary/aromatic N) is 2. The summed E-state index contributed by atoms with van der Waals surface area (Å²) in [6.45, 7) is 2.22. The molecule has 0 aliphatic heterocycles. The number of H-pyrrole nitrogens is 1. The molecule has 0 aliphatic rings. The van der Waals surface area contributed by atoms with E-state index in [-0.39, 0.29) is 17.0 Å². The van der Waals surface area contributed by atoms with E-state index in [0.29, 0.717) is 12.2 Å². The van der Waals surface area contributed by atoms with Gasteiger partial charge in [-0.2, -0.15) is 4.98 Å². The van der Waals surface area contributed by atoms with Gasteiger partial charge >= 0.3 is 6.01 Å². The van der Waals surface area contributed by atoms with E-state index in [2.05, 4.69) is 20.5 Å². The zero-order valence-corrected chi connectivity index (χ0v) is 11.8. The van der Waals surface area contributed by atoms with Crippen LogP contribution in [0.5, 0.6) is 6.01 Å². The smallest absolute Gasteiger partial charge is 0.337 e. The van der Waals surface area contributed by atoms with Gasteiger partial charge in [0, 0.05) is 6.08 Å². The largest absolute Gasteiger partial charge is 0.463 e. The molecule has 8 heteroatoms. The Bertz CT molecular complexity index is 672. The van der Waals surface area contributed by atoms with Crippen molar-refractivity contribution in [3.63, 3.8) is 0 Å². The van der Waals surface area contributed by atoms with Crippen LogP contribution in [0.2, 0.25) is 5.02 Å². The number of amides is 1. The molecular weight excluding hydrogens is 299 g/mol. The van der Waals surface area contributed by atoms with Crippen LogP contribution in [-0.4, -0.2) is 27.7 Å². The first-order valence-electron chi connectivity index (χ1n) is 6.08. The van der Waals surface area contributed by atoms with Crippen molar-refractivity contribution in [2.24, 2.45) is 0 Å². The quantitative estimate of drug-likeness (QED) is 0.832. The lowest BCUT2D eigenvalue weighted by Crippen LogP contribution is -2.09. The van der Waals surface area contributed by atoms with Crippen molar-refractivity contribution in [3.05, 3.63) is 40.7 Å². The summed E-state index contributed by atoms with van der Waals surface area (Å²) in [6.07, 6.45) is 2.77. The van der Waals surface area contributed by atoms with Gasteiger partial charge in [0.15, 0.2) is 0 Å². The molecule has 110 valence electrons. The number of anilines is 1. The van der Waals surface area contributed by atoms with Crippen LogP contribution in [-0.2, 0) is 4.79 Å². The molecule has 1 aromatic heterocycles. The number of rotatable bonds is 5. The Morgan fingerprint density at radius 3 is 3.10 bits per heavy atom. The van der Waals surface area contributed by atoms with Gasteiger partial charge in [-0.25, -0.2) is 9.49 Å². The van der Waals surface area contributed by atoms with Gasteiger partial charge in [0.25, 0.3) is 5.91 Å². The molecule has 21 heavy (non-hydrogen) atoms. The Balaban J connectivity index is 1.96. The predicted molar refractivity (Wildman–Crippen MR) is 76.6 cm³/mol. The van der Waals surface area contributed by atoms with Crippen LogP contribution in [0.25, 0.3) is 6.08 Å². The van der Waals surface area contributed by atoms with Crippen LogP contribution in [0.1, 0.15) is 12.5 Å². The number of nitrogens with one attached hydrogen (secondary N) is 2. The first kappa shape index (κ1) is 15.0. The number of halogens is 2. The zero-order valence-electron chi connectivity index (χ0n) is 11.1. The van der Waals surface area contributed by atoms with E-state index < -0.39 is 11.7 Å². The number of hydrogen-bond donors (Lipinski definition) is 2. The van der Waals surface area contributed by atoms with E-state index in [4.69, 9.17) is 16.3 Å². The highest BCUT2D eigenvalue weighted by Crippen LogP contribution is 2.16. The molecule has 2 N–H and O–H groups in total. The van der Waals surface area contributed by atoms with Gasteiger partial charge in [-0.15, -0.1) is 5.10 Å². The molecule has 0 saturated heterocycles. The van der Waals surface area contributed by atoms with E-state index >= 15 is 0 Å². The molecule has 6 nitrogen and oxygen atoms in total. The molecule has 1 aromatic carbocycles. The number of carbonyl (C=O) groups is 1. The number of benzene rings is 1. The molecule has 0 spiro atoms. The molecule has 2 aromatic rings. The molecule has 0 atom stereocenters. The lowest BCUT2D eigenvalue weighted by molar-refractivity contribution is -0.111. The molecule has 0 aliphatic carbocycles. The summed E-state index contributed by atoms with van der Waals surface area (Å²) in [6, 6.07) is 4.31. The third-order valence-corrected chi connectivity index (χ3v) is 2.64. The van der Waals surface area contributed by atoms with Gasteiger partial charge in [0.1, 0.15) is 5.82 Å². The van der Waals surface area contributed by atoms with Crippen molar-refractivity contribution >= 4 is 29.5 Å². The fourth-order valence-electron chi connectivity index (χ4n) is 1.44. The van der Waals surface area contributed by atoms with Crippen LogP contribution >= 0.6 is 11.6 Å². The second-order valence-corrected chi connectivity index (χ2v) is 4.30. The first-order chi connectivity index (χ1) is 10.1. The zero-order chi connectivity index (χ0) is 15.2. The van der Waals surface area contributed by atoms with Crippen LogP contribution < -0.4 is 10.1 Å². The maximum absolute atomic E-state index is 13.0. The number of aromatic nitrogens is 3. The van der Waals surface area contributed by atoms with Crippen molar-refractivity contribution in [2.45, 2.75) is 6.92 Å². The summed E-state index contributed by atoms with van der Waals surface area (Å²) in [5, 5.41) is 8.73. The fraction of sp³-hybridized carbons (Fsp3) is 0.154. The lowest BCUT2D eigenvalue weighted by atomic mass is 10.2. The highest BCUT2D eigenvalue weighted by Gasteiger charge is 2.05. The van der Waals surface area contributed by atoms with E-state index in [0.717, 1.165) is 0 Å². The van der Waals surface area contributed by atoms with Crippen molar-refractivity contribution in [3.8, 4) is 6.01 Å². The third-order valence-electron chi connectivity index (χ3n) is 2.35. The normalized spacial score (nSPS) is 10.8. The van der Waals surface area contributed by atoms with Crippen molar-refractivity contribution < 1.29 is 13.9 Å². The summed E-state index contributed by atoms with van der Waals surface area (Å²) in [7, 11) is 0. The van der Waals surface area contributed by atoms with Crippen LogP contribution in [0.15, 0.2) is 24.3 Å². The maximum atomic E-state index is 13.0. The average Bonchev–Trinajstić information content (AvgIpc) is 2.88. The minimum absolute atomic E-state index is 0.00542. The average molecular weight is 311 g/mol. The second kappa shape index (κ2) is 6.85. The highest BCUT2D eigenvalue weighted by molar-refractivity contribution is 6.30. The lowest BCUT2D eigenvalue weighted by Gasteiger charge is -1.97. The van der Waals surface area contributed by atoms with E-state index in [9.17, 15) is 9.18 Å². The predicted octanol–water partition coefficient (Wildman–Crippen LogP) is 2.65. The Hall–Kier alpha value is -2.41. The van der Waals surface area contributed by atoms with E-state index in [1.54, 1.807) is 6.92 Å². The van der Waals surface area contributed by atoms with Crippen LogP contribution in [0.3, 0.4) is 0 Å². The van der Waals surface area contributed by atoms with Crippen molar-refractivity contribution in [1.82, 2.24) is 15.2 Å². The molecule has 1 heterocycles. The molecule has 0 bridgehead atoms. The highest BCUT2D eigenvalue weighted by atomic mass is 35.5. The second-order valence-electron chi connectivity index (χ2n) is 3.90. The monoisotopic (exact) mass is 310 g/mol. The summed E-state index contributed by atoms with van der Waals surface area (Å²) >= 11 is 5.64. The molecular formula is C13H12ClFN4O2. The Morgan fingerprint density at radius 1 is 1.57 bits per heavy atom. The van der Waals surface area contributed by atoms with Gasteiger partial charge < -0.3 is 4.74 Å². The van der Waals surface area contributed by atoms with Crippen LogP contribution in [0.4, 0.5) is 10.3 Å². The number of carbonyl (C=O) groups excluding carboxylic acids is 1. The summed E-state index contributed by atoms with van der Waals surface area (Å²) in [5.41, 5.74) is 0.601. The number of ether oxygens (including phenoxy) is 1. The summed E-state index contributed by atoms with van der Waals surface area (Å²) in [4.78, 5) is 15.6. The standard InChI is InChI=1S/C13H12ClFN4O2/c1-2-21-13-17-12(18-19-13)16-11(20)6-4-8-3-5-10(15)9(14)7-8/h3-7H,2H2,1H3,(H2,16,17,18,19,20)/b6-4+. The molecule has 1 amide bonds. The van der Waals surface area contributed by atoms with Crippen molar-refractivity contribution in [2.75, 3.05) is 11.9 Å². The van der Waals surface area contributed by atoms with Crippen LogP contribution in [0, 0.1) is 5.82 Å². The van der Waals surface area contributed by atoms with Gasteiger partial charge in [-0.1, -0.05) is 17.7 Å². The topological polar surface area (TPSA) is 79.9 Å². The van der Waals surface area contributed by atoms with E-state index in [1.165, 1.54) is 30.4 Å². The maximum Gasteiger partial charge on any atom is 0.337 e. The minimum atomic E-state index is -0.511. The Kier molecular flexibility index (Phi) is 4.89. The number of hydrogen-bond acceptors (Lipinski definition) is 4. The molecule has 2 rings (SSSR count). The molecule has 0 fully saturated rings. The first-order valence-corrected chi connectivity index (χ1v) is 6.45. The van der Waals surface area contributed by atoms with Crippen molar-refractivity contribution in [1.29, 1.82) is 0 Å². The van der Waals surface area contributed by atoms with Gasteiger partial charge in [0.2, 0.25) is 5.95 Å². The minimum Gasteiger partial charge on any atom is -0.463 e. The van der Waals surface area contributed by atoms with Gasteiger partial charge in [-0.05, 0) is 30.7 Å². The molecule has 0 saturated carbocycles. The fourth-order valence-corrected chi connectivity index (χ4v) is 1.63. The Morgan fingerprint density at radius 2 is 2.38 bits per heavy atom. The number of aromatic amines is 1. The van der Waals surface area contributed by atoms with Gasteiger partial charge in [0.05, 0.1) is 11.6 Å². The Labute approximate surface area is 125 Å². The van der Waals surface area contributed by atoms with Gasteiger partial charge in [-0.3, -0.25) is 10.1 Å². The third kappa shape index (κ3) is 4.28. The summed E-state index contributed by atoms with van der Waals surface area (Å²) < 4.78 is 18.0. The van der Waals surface area contributed by atoms with E-state index in [1.807, 2.05) is 0 Å². The summed E-state index contributed by atoms with van der Waals surface area (Å²) in [5.74, 6) is -0.761. The molecule has 0 radical (unpaired) electrons. The SMILES string of the molecule is CCOc1n[nH]c(NC(=O)/C=C/c2ccc(F)c(Cl)c2)n1. The molecule has 0 unspecified atom stereocenters.